The molecule has 2 N–H and O–H groups in total. The van der Waals surface area contributed by atoms with Gasteiger partial charge in [-0.3, -0.25) is 4.79 Å². The summed E-state index contributed by atoms with van der Waals surface area (Å²) in [5, 5.41) is 12.1. The lowest BCUT2D eigenvalue weighted by atomic mass is 10.0. The average molecular weight is 229 g/mol. The van der Waals surface area contributed by atoms with E-state index in [0.717, 1.165) is 12.8 Å². The molecule has 3 atom stereocenters. The zero-order valence-electron chi connectivity index (χ0n) is 10.4. The number of carboxylic acids is 1. The largest absolute Gasteiger partial charge is 0.480 e. The number of nitrogens with one attached hydrogen (secondary N) is 1. The van der Waals surface area contributed by atoms with E-state index < -0.39 is 12.0 Å². The van der Waals surface area contributed by atoms with E-state index in [4.69, 9.17) is 9.84 Å². The Morgan fingerprint density at radius 1 is 1.50 bits per heavy atom. The van der Waals surface area contributed by atoms with Gasteiger partial charge in [0.2, 0.25) is 0 Å². The molecule has 1 saturated heterocycles. The maximum atomic E-state index is 11.0. The summed E-state index contributed by atoms with van der Waals surface area (Å²) < 4.78 is 5.64. The molecular formula is C12H23NO3. The van der Waals surface area contributed by atoms with Crippen molar-refractivity contribution in [2.75, 3.05) is 6.54 Å². The summed E-state index contributed by atoms with van der Waals surface area (Å²) >= 11 is 0. The van der Waals surface area contributed by atoms with E-state index in [1.165, 1.54) is 0 Å². The molecule has 0 aromatic carbocycles. The van der Waals surface area contributed by atoms with Crippen molar-refractivity contribution in [3.05, 3.63) is 0 Å². The zero-order chi connectivity index (χ0) is 12.1. The third kappa shape index (κ3) is 4.49. The molecule has 0 saturated carbocycles. The van der Waals surface area contributed by atoms with Gasteiger partial charge in [0.15, 0.2) is 0 Å². The Morgan fingerprint density at radius 3 is 2.62 bits per heavy atom. The van der Waals surface area contributed by atoms with Gasteiger partial charge < -0.3 is 15.2 Å². The summed E-state index contributed by atoms with van der Waals surface area (Å²) in [6.07, 6.45) is 3.28. The Bertz CT molecular complexity index is 230. The molecule has 1 aliphatic rings. The first-order chi connectivity index (χ1) is 7.49. The Balaban J connectivity index is 2.29. The third-order valence-corrected chi connectivity index (χ3v) is 2.92. The molecule has 4 nitrogen and oxygen atoms in total. The van der Waals surface area contributed by atoms with Crippen LogP contribution in [0.4, 0.5) is 0 Å². The van der Waals surface area contributed by atoms with Gasteiger partial charge in [-0.25, -0.2) is 0 Å². The Morgan fingerprint density at radius 2 is 2.19 bits per heavy atom. The predicted molar refractivity (Wildman–Crippen MR) is 62.5 cm³/mol. The van der Waals surface area contributed by atoms with Crippen LogP contribution in [0, 0.1) is 5.92 Å². The molecule has 1 rings (SSSR count). The maximum absolute atomic E-state index is 11.0. The smallest absolute Gasteiger partial charge is 0.320 e. The van der Waals surface area contributed by atoms with Crippen molar-refractivity contribution in [1.82, 2.24) is 5.32 Å². The minimum absolute atomic E-state index is 0.184. The molecule has 16 heavy (non-hydrogen) atoms. The van der Waals surface area contributed by atoms with Gasteiger partial charge in [-0.15, -0.1) is 0 Å². The molecule has 0 spiro atoms. The van der Waals surface area contributed by atoms with Crippen LogP contribution in [-0.4, -0.2) is 35.9 Å². The van der Waals surface area contributed by atoms with Crippen LogP contribution in [0.15, 0.2) is 0 Å². The van der Waals surface area contributed by atoms with Crippen LogP contribution in [-0.2, 0) is 9.53 Å². The van der Waals surface area contributed by atoms with Crippen molar-refractivity contribution >= 4 is 5.97 Å². The zero-order valence-corrected chi connectivity index (χ0v) is 10.4. The van der Waals surface area contributed by atoms with E-state index in [-0.39, 0.29) is 6.10 Å². The minimum atomic E-state index is -0.764. The van der Waals surface area contributed by atoms with Gasteiger partial charge in [-0.05, 0) is 32.1 Å². The van der Waals surface area contributed by atoms with Crippen LogP contribution in [0.2, 0.25) is 0 Å². The number of rotatable bonds is 6. The van der Waals surface area contributed by atoms with Crippen molar-refractivity contribution in [2.24, 2.45) is 5.92 Å². The van der Waals surface area contributed by atoms with Gasteiger partial charge in [-0.2, -0.15) is 0 Å². The monoisotopic (exact) mass is 229 g/mol. The molecule has 0 bridgehead atoms. The summed E-state index contributed by atoms with van der Waals surface area (Å²) in [6, 6.07) is -0.445. The second kappa shape index (κ2) is 6.21. The van der Waals surface area contributed by atoms with E-state index in [1.54, 1.807) is 0 Å². The van der Waals surface area contributed by atoms with Gasteiger partial charge in [0.25, 0.3) is 0 Å². The highest BCUT2D eigenvalue weighted by atomic mass is 16.5. The first kappa shape index (κ1) is 13.5. The topological polar surface area (TPSA) is 58.6 Å². The number of hydrogen-bond acceptors (Lipinski definition) is 3. The van der Waals surface area contributed by atoms with Crippen LogP contribution < -0.4 is 5.32 Å². The summed E-state index contributed by atoms with van der Waals surface area (Å²) in [6.45, 7) is 6.77. The summed E-state index contributed by atoms with van der Waals surface area (Å²) in [5.74, 6) is -0.378. The average Bonchev–Trinajstić information content (AvgIpc) is 2.58. The molecule has 0 aliphatic carbocycles. The van der Waals surface area contributed by atoms with E-state index in [0.29, 0.717) is 25.0 Å². The van der Waals surface area contributed by atoms with Crippen molar-refractivity contribution in [1.29, 1.82) is 0 Å². The molecular weight excluding hydrogens is 206 g/mol. The Kier molecular flexibility index (Phi) is 5.22. The number of carboxylic acid groups (broad SMARTS) is 1. The van der Waals surface area contributed by atoms with Crippen LogP contribution in [0.5, 0.6) is 0 Å². The molecule has 0 radical (unpaired) electrons. The second-order valence-electron chi connectivity index (χ2n) is 5.07. The van der Waals surface area contributed by atoms with Gasteiger partial charge in [-0.1, -0.05) is 13.8 Å². The van der Waals surface area contributed by atoms with Gasteiger partial charge in [0.05, 0.1) is 12.2 Å². The van der Waals surface area contributed by atoms with Crippen LogP contribution in [0.1, 0.15) is 40.0 Å². The SMILES string of the molecule is CC(C)CC(NCC1CCC(C)O1)C(=O)O. The van der Waals surface area contributed by atoms with Crippen LogP contribution in [0.3, 0.4) is 0 Å². The van der Waals surface area contributed by atoms with Gasteiger partial charge in [0, 0.05) is 6.54 Å². The molecule has 4 heteroatoms. The standard InChI is InChI=1S/C12H23NO3/c1-8(2)6-11(12(14)15)13-7-10-5-4-9(3)16-10/h8-11,13H,4-7H2,1-3H3,(H,14,15). The van der Waals surface area contributed by atoms with Gasteiger partial charge in [0.1, 0.15) is 6.04 Å². The summed E-state index contributed by atoms with van der Waals surface area (Å²) in [7, 11) is 0. The number of carbonyl (C=O) groups is 1. The fraction of sp³-hybridized carbons (Fsp3) is 0.917. The second-order valence-corrected chi connectivity index (χ2v) is 5.07. The Hall–Kier alpha value is -0.610. The molecule has 1 heterocycles. The number of hydrogen-bond donors (Lipinski definition) is 2. The predicted octanol–water partition coefficient (Wildman–Crippen LogP) is 1.64. The highest BCUT2D eigenvalue weighted by Gasteiger charge is 2.24. The molecule has 0 aromatic rings. The Labute approximate surface area is 97.4 Å². The summed E-state index contributed by atoms with van der Waals surface area (Å²) in [5.41, 5.74) is 0. The first-order valence-electron chi connectivity index (χ1n) is 6.10. The molecule has 0 amide bonds. The fourth-order valence-corrected chi connectivity index (χ4v) is 2.05. The number of ether oxygens (including phenoxy) is 1. The van der Waals surface area contributed by atoms with E-state index >= 15 is 0 Å². The van der Waals surface area contributed by atoms with E-state index in [1.807, 2.05) is 13.8 Å². The normalized spacial score (nSPS) is 27.2. The van der Waals surface area contributed by atoms with Crippen molar-refractivity contribution < 1.29 is 14.6 Å². The molecule has 1 fully saturated rings. The lowest BCUT2D eigenvalue weighted by molar-refractivity contribution is -0.140. The van der Waals surface area contributed by atoms with Crippen molar-refractivity contribution in [2.45, 2.75) is 58.3 Å². The van der Waals surface area contributed by atoms with E-state index in [2.05, 4.69) is 12.2 Å². The van der Waals surface area contributed by atoms with Crippen LogP contribution >= 0.6 is 0 Å². The maximum Gasteiger partial charge on any atom is 0.320 e. The molecule has 94 valence electrons. The highest BCUT2D eigenvalue weighted by Crippen LogP contribution is 2.18. The van der Waals surface area contributed by atoms with Crippen molar-refractivity contribution in [3.8, 4) is 0 Å². The van der Waals surface area contributed by atoms with Crippen LogP contribution in [0.25, 0.3) is 0 Å². The highest BCUT2D eigenvalue weighted by molar-refractivity contribution is 5.73. The lowest BCUT2D eigenvalue weighted by Crippen LogP contribution is -2.41. The van der Waals surface area contributed by atoms with Gasteiger partial charge >= 0.3 is 5.97 Å². The minimum Gasteiger partial charge on any atom is -0.480 e. The fourth-order valence-electron chi connectivity index (χ4n) is 2.05. The lowest BCUT2D eigenvalue weighted by Gasteiger charge is -2.19. The molecule has 3 unspecified atom stereocenters. The molecule has 0 aromatic heterocycles. The van der Waals surface area contributed by atoms with Crippen molar-refractivity contribution in [3.63, 3.8) is 0 Å². The van der Waals surface area contributed by atoms with E-state index in [9.17, 15) is 4.79 Å². The summed E-state index contributed by atoms with van der Waals surface area (Å²) in [4.78, 5) is 11.0. The quantitative estimate of drug-likeness (QED) is 0.727. The third-order valence-electron chi connectivity index (χ3n) is 2.92. The first-order valence-corrected chi connectivity index (χ1v) is 6.10. The molecule has 1 aliphatic heterocycles. The number of aliphatic carboxylic acids is 1.